The zero-order valence-electron chi connectivity index (χ0n) is 13.1. The van der Waals surface area contributed by atoms with Crippen LogP contribution in [0.1, 0.15) is 26.3 Å². The van der Waals surface area contributed by atoms with Crippen LogP contribution in [0, 0.1) is 18.3 Å². The van der Waals surface area contributed by atoms with Crippen LogP contribution in [-0.2, 0) is 6.54 Å². The molecule has 1 rings (SSSR count). The SMILES string of the molecule is C#CCNC(=NCc1ccccc1OCC(C)C)NCC. The van der Waals surface area contributed by atoms with Gasteiger partial charge in [0, 0.05) is 12.1 Å². The van der Waals surface area contributed by atoms with Crippen molar-refractivity contribution in [3.05, 3.63) is 29.8 Å². The molecule has 0 aliphatic rings. The van der Waals surface area contributed by atoms with Gasteiger partial charge in [-0.1, -0.05) is 38.0 Å². The van der Waals surface area contributed by atoms with E-state index >= 15 is 0 Å². The number of guanidine groups is 1. The summed E-state index contributed by atoms with van der Waals surface area (Å²) in [5.41, 5.74) is 1.07. The lowest BCUT2D eigenvalue weighted by Gasteiger charge is -2.13. The van der Waals surface area contributed by atoms with E-state index in [0.717, 1.165) is 17.9 Å². The van der Waals surface area contributed by atoms with Crippen LogP contribution in [-0.4, -0.2) is 25.7 Å². The molecule has 2 N–H and O–H groups in total. The first-order valence-corrected chi connectivity index (χ1v) is 7.33. The molecule has 0 saturated heterocycles. The number of nitrogens with one attached hydrogen (secondary N) is 2. The van der Waals surface area contributed by atoms with Gasteiger partial charge in [-0.2, -0.15) is 0 Å². The third-order valence-corrected chi connectivity index (χ3v) is 2.65. The molecule has 0 radical (unpaired) electrons. The summed E-state index contributed by atoms with van der Waals surface area (Å²) in [6.07, 6.45) is 5.26. The van der Waals surface area contributed by atoms with E-state index in [1.165, 1.54) is 0 Å². The molecule has 1 aromatic carbocycles. The van der Waals surface area contributed by atoms with Gasteiger partial charge in [0.2, 0.25) is 0 Å². The van der Waals surface area contributed by atoms with Gasteiger partial charge >= 0.3 is 0 Å². The molecule has 0 fully saturated rings. The minimum Gasteiger partial charge on any atom is -0.493 e. The number of hydrogen-bond donors (Lipinski definition) is 2. The van der Waals surface area contributed by atoms with Crippen molar-refractivity contribution in [3.8, 4) is 18.1 Å². The van der Waals surface area contributed by atoms with Gasteiger partial charge in [0.1, 0.15) is 5.75 Å². The maximum Gasteiger partial charge on any atom is 0.192 e. The Bertz CT molecular complexity index is 489. The fourth-order valence-corrected chi connectivity index (χ4v) is 1.67. The molecule has 4 nitrogen and oxygen atoms in total. The Balaban J connectivity index is 2.73. The summed E-state index contributed by atoms with van der Waals surface area (Å²) in [5, 5.41) is 6.23. The average Bonchev–Trinajstić information content (AvgIpc) is 2.48. The Morgan fingerprint density at radius 3 is 2.76 bits per heavy atom. The van der Waals surface area contributed by atoms with Crippen LogP contribution in [0.2, 0.25) is 0 Å². The molecule has 0 aliphatic carbocycles. The normalized spacial score (nSPS) is 11.1. The zero-order valence-corrected chi connectivity index (χ0v) is 13.1. The number of benzene rings is 1. The monoisotopic (exact) mass is 287 g/mol. The molecule has 0 saturated carbocycles. The molecule has 0 bridgehead atoms. The van der Waals surface area contributed by atoms with Gasteiger partial charge in [-0.25, -0.2) is 4.99 Å². The van der Waals surface area contributed by atoms with Crippen LogP contribution < -0.4 is 15.4 Å². The molecule has 1 aromatic rings. The van der Waals surface area contributed by atoms with Crippen molar-refractivity contribution in [2.24, 2.45) is 10.9 Å². The highest BCUT2D eigenvalue weighted by Crippen LogP contribution is 2.19. The molecule has 0 atom stereocenters. The fourth-order valence-electron chi connectivity index (χ4n) is 1.67. The number of hydrogen-bond acceptors (Lipinski definition) is 2. The summed E-state index contributed by atoms with van der Waals surface area (Å²) in [7, 11) is 0. The van der Waals surface area contributed by atoms with E-state index in [-0.39, 0.29) is 0 Å². The first-order chi connectivity index (χ1) is 10.2. The minimum absolute atomic E-state index is 0.456. The predicted molar refractivity (Wildman–Crippen MR) is 88.4 cm³/mol. The highest BCUT2D eigenvalue weighted by Gasteiger charge is 2.04. The second-order valence-electron chi connectivity index (χ2n) is 5.07. The largest absolute Gasteiger partial charge is 0.493 e. The van der Waals surface area contributed by atoms with E-state index in [1.807, 2.05) is 31.2 Å². The Kier molecular flexibility index (Phi) is 7.81. The van der Waals surface area contributed by atoms with Crippen molar-refractivity contribution in [1.82, 2.24) is 10.6 Å². The zero-order chi connectivity index (χ0) is 15.5. The quantitative estimate of drug-likeness (QED) is 0.460. The average molecular weight is 287 g/mol. The molecule has 0 spiro atoms. The molecule has 0 heterocycles. The summed E-state index contributed by atoms with van der Waals surface area (Å²) in [6, 6.07) is 7.98. The number of para-hydroxylation sites is 1. The molecule has 21 heavy (non-hydrogen) atoms. The second-order valence-corrected chi connectivity index (χ2v) is 5.07. The van der Waals surface area contributed by atoms with E-state index in [0.29, 0.717) is 31.6 Å². The lowest BCUT2D eigenvalue weighted by atomic mass is 10.2. The van der Waals surface area contributed by atoms with Crippen molar-refractivity contribution in [2.45, 2.75) is 27.3 Å². The standard InChI is InChI=1S/C17H25N3O/c1-5-11-19-17(18-6-2)20-12-15-9-7-8-10-16(15)21-13-14(3)4/h1,7-10,14H,6,11-13H2,2-4H3,(H2,18,19,20). The van der Waals surface area contributed by atoms with Crippen molar-refractivity contribution >= 4 is 5.96 Å². The highest BCUT2D eigenvalue weighted by atomic mass is 16.5. The minimum atomic E-state index is 0.456. The number of rotatable bonds is 7. The molecule has 114 valence electrons. The van der Waals surface area contributed by atoms with Crippen molar-refractivity contribution < 1.29 is 4.74 Å². The van der Waals surface area contributed by atoms with E-state index < -0.39 is 0 Å². The van der Waals surface area contributed by atoms with Crippen molar-refractivity contribution in [1.29, 1.82) is 0 Å². The third-order valence-electron chi connectivity index (χ3n) is 2.65. The van der Waals surface area contributed by atoms with Gasteiger partial charge in [0.05, 0.1) is 19.7 Å². The summed E-state index contributed by atoms with van der Waals surface area (Å²) in [5.74, 6) is 4.65. The van der Waals surface area contributed by atoms with Gasteiger partial charge in [0.25, 0.3) is 0 Å². The summed E-state index contributed by atoms with van der Waals surface area (Å²) >= 11 is 0. The number of ether oxygens (including phenoxy) is 1. The second kappa shape index (κ2) is 9.71. The topological polar surface area (TPSA) is 45.7 Å². The van der Waals surface area contributed by atoms with Crippen molar-refractivity contribution in [3.63, 3.8) is 0 Å². The van der Waals surface area contributed by atoms with Crippen LogP contribution >= 0.6 is 0 Å². The number of nitrogens with zero attached hydrogens (tertiary/aromatic N) is 1. The van der Waals surface area contributed by atoms with E-state index in [1.54, 1.807) is 0 Å². The van der Waals surface area contributed by atoms with Gasteiger partial charge in [-0.3, -0.25) is 0 Å². The first-order valence-electron chi connectivity index (χ1n) is 7.33. The maximum absolute atomic E-state index is 5.83. The smallest absolute Gasteiger partial charge is 0.192 e. The van der Waals surface area contributed by atoms with E-state index in [4.69, 9.17) is 11.2 Å². The van der Waals surface area contributed by atoms with Gasteiger partial charge in [-0.15, -0.1) is 6.42 Å². The maximum atomic E-state index is 5.83. The molecular weight excluding hydrogens is 262 g/mol. The molecule has 4 heteroatoms. The van der Waals surface area contributed by atoms with Gasteiger partial charge < -0.3 is 15.4 Å². The fraction of sp³-hybridized carbons (Fsp3) is 0.471. The Morgan fingerprint density at radius 2 is 2.10 bits per heavy atom. The molecular formula is C17H25N3O. The van der Waals surface area contributed by atoms with Crippen molar-refractivity contribution in [2.75, 3.05) is 19.7 Å². The molecule has 0 aromatic heterocycles. The Labute approximate surface area is 128 Å². The van der Waals surface area contributed by atoms with E-state index in [2.05, 4.69) is 35.4 Å². The third kappa shape index (κ3) is 6.71. The first kappa shape index (κ1) is 16.9. The van der Waals surface area contributed by atoms with E-state index in [9.17, 15) is 0 Å². The number of aliphatic imine (C=N–C) groups is 1. The number of terminal acetylenes is 1. The molecule has 0 aliphatic heterocycles. The summed E-state index contributed by atoms with van der Waals surface area (Å²) in [4.78, 5) is 4.53. The van der Waals surface area contributed by atoms with Crippen LogP contribution in [0.15, 0.2) is 29.3 Å². The Morgan fingerprint density at radius 1 is 1.33 bits per heavy atom. The van der Waals surface area contributed by atoms with Crippen LogP contribution in [0.5, 0.6) is 5.75 Å². The van der Waals surface area contributed by atoms with Gasteiger partial charge in [0.15, 0.2) is 5.96 Å². The molecule has 0 amide bonds. The predicted octanol–water partition coefficient (Wildman–Crippen LogP) is 2.41. The van der Waals surface area contributed by atoms with Gasteiger partial charge in [-0.05, 0) is 18.9 Å². The van der Waals surface area contributed by atoms with Crippen LogP contribution in [0.25, 0.3) is 0 Å². The summed E-state index contributed by atoms with van der Waals surface area (Å²) in [6.45, 7) is 8.79. The van der Waals surface area contributed by atoms with Crippen LogP contribution in [0.3, 0.4) is 0 Å². The lowest BCUT2D eigenvalue weighted by Crippen LogP contribution is -2.37. The highest BCUT2D eigenvalue weighted by molar-refractivity contribution is 5.80. The Hall–Kier alpha value is -2.15. The lowest BCUT2D eigenvalue weighted by molar-refractivity contribution is 0.268. The molecule has 0 unspecified atom stereocenters. The van der Waals surface area contributed by atoms with Crippen LogP contribution in [0.4, 0.5) is 0 Å². The summed E-state index contributed by atoms with van der Waals surface area (Å²) < 4.78 is 5.83.